The Morgan fingerprint density at radius 2 is 1.83 bits per heavy atom. The minimum absolute atomic E-state index is 0.0681. The van der Waals surface area contributed by atoms with Gasteiger partial charge in [0.05, 0.1) is 34.8 Å². The van der Waals surface area contributed by atoms with Crippen LogP contribution in [0.4, 0.5) is 4.39 Å². The molecule has 0 spiro atoms. The summed E-state index contributed by atoms with van der Waals surface area (Å²) in [6, 6.07) is 17.5. The molecule has 1 aliphatic heterocycles. The first-order valence-electron chi connectivity index (χ1n) is 11.0. The number of aromatic nitrogens is 3. The Hall–Kier alpha value is -4.59. The summed E-state index contributed by atoms with van der Waals surface area (Å²) in [6.45, 7) is 1.83. The molecule has 1 amide bonds. The maximum atomic E-state index is 14.2. The van der Waals surface area contributed by atoms with Gasteiger partial charge in [-0.25, -0.2) is 9.07 Å². The lowest BCUT2D eigenvalue weighted by Crippen LogP contribution is -2.29. The molecule has 1 N–H and O–H groups in total. The maximum Gasteiger partial charge on any atom is 0.295 e. The number of likely N-dealkylation sites (tertiary alicyclic amines) is 1. The zero-order chi connectivity index (χ0) is 24.5. The standard InChI is InChI=1S/C27H21FN4O3/c1-17-22(15-30-32(17)21-10-3-2-4-11-21)25(33)23-24(19-8-5-9-20(28)13-19)31(27(35)26(23)34)16-18-7-6-12-29-14-18/h2-15,24,33H,16H2,1H3. The van der Waals surface area contributed by atoms with Crippen molar-refractivity contribution < 1.29 is 19.1 Å². The SMILES string of the molecule is Cc1c(C(O)=C2C(=O)C(=O)N(Cc3cccnc3)C2c2cccc(F)c2)cnn1-c1ccccc1. The highest BCUT2D eigenvalue weighted by Crippen LogP contribution is 2.40. The number of aliphatic hydroxyl groups is 1. The van der Waals surface area contributed by atoms with Gasteiger partial charge in [-0.15, -0.1) is 0 Å². The predicted octanol–water partition coefficient (Wildman–Crippen LogP) is 4.34. The van der Waals surface area contributed by atoms with Gasteiger partial charge in [-0.05, 0) is 48.4 Å². The Bertz CT molecular complexity index is 1450. The molecule has 1 saturated heterocycles. The number of hydrogen-bond acceptors (Lipinski definition) is 5. The molecule has 0 aliphatic carbocycles. The van der Waals surface area contributed by atoms with Crippen LogP contribution in [0.15, 0.2) is 90.9 Å². The number of carbonyl (C=O) groups is 2. The van der Waals surface area contributed by atoms with E-state index in [9.17, 15) is 19.1 Å². The molecule has 0 bridgehead atoms. The van der Waals surface area contributed by atoms with Gasteiger partial charge < -0.3 is 10.0 Å². The van der Waals surface area contributed by atoms with E-state index in [1.165, 1.54) is 29.3 Å². The number of para-hydroxylation sites is 1. The Kier molecular flexibility index (Phi) is 5.70. The second-order valence-corrected chi connectivity index (χ2v) is 8.23. The number of carbonyl (C=O) groups excluding carboxylic acids is 2. The fourth-order valence-corrected chi connectivity index (χ4v) is 4.37. The second kappa shape index (κ2) is 8.98. The van der Waals surface area contributed by atoms with Crippen molar-refractivity contribution in [2.75, 3.05) is 0 Å². The van der Waals surface area contributed by atoms with Crippen LogP contribution >= 0.6 is 0 Å². The molecule has 35 heavy (non-hydrogen) atoms. The van der Waals surface area contributed by atoms with E-state index in [1.807, 2.05) is 30.3 Å². The van der Waals surface area contributed by atoms with Crippen LogP contribution in [0.3, 0.4) is 0 Å². The molecular formula is C27H21FN4O3. The fourth-order valence-electron chi connectivity index (χ4n) is 4.37. The van der Waals surface area contributed by atoms with Crippen molar-refractivity contribution in [3.8, 4) is 5.69 Å². The topological polar surface area (TPSA) is 88.3 Å². The highest BCUT2D eigenvalue weighted by molar-refractivity contribution is 6.46. The number of benzene rings is 2. The summed E-state index contributed by atoms with van der Waals surface area (Å²) < 4.78 is 15.8. The number of nitrogens with zero attached hydrogens (tertiary/aromatic N) is 4. The molecule has 3 heterocycles. The van der Waals surface area contributed by atoms with Crippen molar-refractivity contribution in [2.24, 2.45) is 0 Å². The third kappa shape index (κ3) is 3.99. The number of ketones is 1. The van der Waals surface area contributed by atoms with Crippen LogP contribution < -0.4 is 0 Å². The number of halogens is 1. The number of amides is 1. The molecule has 0 radical (unpaired) electrons. The third-order valence-corrected chi connectivity index (χ3v) is 6.05. The van der Waals surface area contributed by atoms with Crippen LogP contribution in [0.1, 0.15) is 28.4 Å². The first-order valence-corrected chi connectivity index (χ1v) is 11.0. The number of hydrogen-bond donors (Lipinski definition) is 1. The minimum atomic E-state index is -0.981. The van der Waals surface area contributed by atoms with E-state index < -0.39 is 23.5 Å². The smallest absolute Gasteiger partial charge is 0.295 e. The minimum Gasteiger partial charge on any atom is -0.507 e. The van der Waals surface area contributed by atoms with Gasteiger partial charge >= 0.3 is 0 Å². The van der Waals surface area contributed by atoms with Gasteiger partial charge in [0.2, 0.25) is 0 Å². The molecule has 1 unspecified atom stereocenters. The first-order chi connectivity index (χ1) is 17.0. The average molecular weight is 468 g/mol. The van der Waals surface area contributed by atoms with Gasteiger partial charge in [-0.2, -0.15) is 5.10 Å². The summed E-state index contributed by atoms with van der Waals surface area (Å²) in [4.78, 5) is 31.8. The molecule has 1 fully saturated rings. The van der Waals surface area contributed by atoms with Crippen molar-refractivity contribution >= 4 is 17.4 Å². The summed E-state index contributed by atoms with van der Waals surface area (Å²) in [5.74, 6) is -2.49. The lowest BCUT2D eigenvalue weighted by atomic mass is 9.95. The molecule has 2 aromatic carbocycles. The summed E-state index contributed by atoms with van der Waals surface area (Å²) in [7, 11) is 0. The highest BCUT2D eigenvalue weighted by Gasteiger charge is 2.46. The van der Waals surface area contributed by atoms with Crippen molar-refractivity contribution in [1.82, 2.24) is 19.7 Å². The average Bonchev–Trinajstić information content (AvgIpc) is 3.37. The van der Waals surface area contributed by atoms with Crippen LogP contribution in [0, 0.1) is 12.7 Å². The van der Waals surface area contributed by atoms with Crippen LogP contribution in [0.5, 0.6) is 0 Å². The lowest BCUT2D eigenvalue weighted by molar-refractivity contribution is -0.140. The first kappa shape index (κ1) is 22.2. The van der Waals surface area contributed by atoms with Gasteiger partial charge in [0.15, 0.2) is 0 Å². The maximum absolute atomic E-state index is 14.2. The van der Waals surface area contributed by atoms with Crippen LogP contribution in [0.25, 0.3) is 11.4 Å². The van der Waals surface area contributed by atoms with Crippen LogP contribution in [-0.4, -0.2) is 36.5 Å². The molecule has 1 aliphatic rings. The monoisotopic (exact) mass is 468 g/mol. The van der Waals surface area contributed by atoms with Crippen molar-refractivity contribution in [2.45, 2.75) is 19.5 Å². The van der Waals surface area contributed by atoms with E-state index in [-0.39, 0.29) is 17.9 Å². The molecular weight excluding hydrogens is 447 g/mol. The molecule has 4 aromatic rings. The van der Waals surface area contributed by atoms with E-state index in [4.69, 9.17) is 0 Å². The molecule has 5 rings (SSSR count). The molecule has 7 nitrogen and oxygen atoms in total. The number of rotatable bonds is 5. The quantitative estimate of drug-likeness (QED) is 0.268. The Labute approximate surface area is 200 Å². The third-order valence-electron chi connectivity index (χ3n) is 6.05. The number of pyridine rings is 1. The summed E-state index contributed by atoms with van der Waals surface area (Å²) in [5.41, 5.74) is 2.65. The van der Waals surface area contributed by atoms with Crippen LogP contribution in [-0.2, 0) is 16.1 Å². The van der Waals surface area contributed by atoms with E-state index in [0.717, 1.165) is 5.69 Å². The van der Waals surface area contributed by atoms with Crippen LogP contribution in [0.2, 0.25) is 0 Å². The molecule has 8 heteroatoms. The van der Waals surface area contributed by atoms with Crippen molar-refractivity contribution in [3.05, 3.63) is 119 Å². The van der Waals surface area contributed by atoms with E-state index in [0.29, 0.717) is 22.4 Å². The van der Waals surface area contributed by atoms with Gasteiger partial charge in [-0.1, -0.05) is 36.4 Å². The lowest BCUT2D eigenvalue weighted by Gasteiger charge is -2.25. The summed E-state index contributed by atoms with van der Waals surface area (Å²) in [6.07, 6.45) is 4.65. The predicted molar refractivity (Wildman–Crippen MR) is 127 cm³/mol. The van der Waals surface area contributed by atoms with Gasteiger partial charge in [-0.3, -0.25) is 14.6 Å². The molecule has 1 atom stereocenters. The molecule has 174 valence electrons. The summed E-state index contributed by atoms with van der Waals surface area (Å²) in [5, 5.41) is 15.7. The highest BCUT2D eigenvalue weighted by atomic mass is 19.1. The van der Waals surface area contributed by atoms with Gasteiger partial charge in [0, 0.05) is 18.9 Å². The van der Waals surface area contributed by atoms with Gasteiger partial charge in [0.25, 0.3) is 11.7 Å². The Morgan fingerprint density at radius 3 is 2.54 bits per heavy atom. The van der Waals surface area contributed by atoms with E-state index >= 15 is 0 Å². The zero-order valence-corrected chi connectivity index (χ0v) is 18.8. The van der Waals surface area contributed by atoms with E-state index in [1.54, 1.807) is 42.2 Å². The Morgan fingerprint density at radius 1 is 1.03 bits per heavy atom. The Balaban J connectivity index is 1.65. The molecule has 2 aromatic heterocycles. The number of Topliss-reactive ketones (excluding diaryl/α,β-unsaturated/α-hetero) is 1. The summed E-state index contributed by atoms with van der Waals surface area (Å²) >= 11 is 0. The molecule has 0 saturated carbocycles. The largest absolute Gasteiger partial charge is 0.507 e. The van der Waals surface area contributed by atoms with E-state index in [2.05, 4.69) is 10.1 Å². The van der Waals surface area contributed by atoms with Gasteiger partial charge in [0.1, 0.15) is 11.6 Å². The fraction of sp³-hybridized carbons (Fsp3) is 0.111. The van der Waals surface area contributed by atoms with Crippen molar-refractivity contribution in [1.29, 1.82) is 0 Å². The normalized spacial score (nSPS) is 17.2. The zero-order valence-electron chi connectivity index (χ0n) is 18.8. The number of aliphatic hydroxyl groups excluding tert-OH is 1. The van der Waals surface area contributed by atoms with Crippen molar-refractivity contribution in [3.63, 3.8) is 0 Å². The second-order valence-electron chi connectivity index (χ2n) is 8.23.